The minimum Gasteiger partial charge on any atom is -0.454 e. The molecule has 1 saturated heterocycles. The van der Waals surface area contributed by atoms with Crippen molar-refractivity contribution in [2.45, 2.75) is 56.5 Å². The summed E-state index contributed by atoms with van der Waals surface area (Å²) in [4.78, 5) is 21.5. The first kappa shape index (κ1) is 20.7. The molecule has 8 heteroatoms. The van der Waals surface area contributed by atoms with E-state index >= 15 is 0 Å². The second-order valence-electron chi connectivity index (χ2n) is 8.59. The summed E-state index contributed by atoms with van der Waals surface area (Å²) in [5, 5.41) is 3.76. The van der Waals surface area contributed by atoms with Gasteiger partial charge in [-0.1, -0.05) is 13.0 Å². The molecule has 1 aromatic heterocycles. The highest BCUT2D eigenvalue weighted by Gasteiger charge is 2.52. The van der Waals surface area contributed by atoms with E-state index in [4.69, 9.17) is 14.2 Å². The van der Waals surface area contributed by atoms with Crippen molar-refractivity contribution in [3.63, 3.8) is 0 Å². The number of amides is 1. The van der Waals surface area contributed by atoms with E-state index in [0.717, 1.165) is 49.5 Å². The van der Waals surface area contributed by atoms with Crippen LogP contribution in [-0.4, -0.2) is 48.9 Å². The normalized spacial score (nSPS) is 22.5. The number of benzene rings is 1. The average molecular weight is 444 g/mol. The van der Waals surface area contributed by atoms with Crippen molar-refractivity contribution in [3.05, 3.63) is 34.8 Å². The first-order valence-electron chi connectivity index (χ1n) is 11.1. The lowest BCUT2D eigenvalue weighted by atomic mass is 9.94. The first-order valence-corrected chi connectivity index (χ1v) is 11.9. The number of fused-ring (bicyclic) bond motifs is 1. The zero-order valence-corrected chi connectivity index (χ0v) is 18.9. The summed E-state index contributed by atoms with van der Waals surface area (Å²) in [6, 6.07) is 6.58. The molecule has 0 radical (unpaired) electrons. The van der Waals surface area contributed by atoms with Gasteiger partial charge in [0.25, 0.3) is 0 Å². The van der Waals surface area contributed by atoms with E-state index in [2.05, 4.69) is 22.1 Å². The van der Waals surface area contributed by atoms with E-state index in [1.165, 1.54) is 17.7 Å². The van der Waals surface area contributed by atoms with Crippen LogP contribution < -0.4 is 14.8 Å². The molecule has 2 fully saturated rings. The third-order valence-corrected chi connectivity index (χ3v) is 7.77. The molecule has 7 nitrogen and oxygen atoms in total. The largest absolute Gasteiger partial charge is 0.454 e. The molecule has 166 valence electrons. The Morgan fingerprint density at radius 1 is 1.39 bits per heavy atom. The molecule has 3 aliphatic rings. The van der Waals surface area contributed by atoms with Gasteiger partial charge in [-0.05, 0) is 56.3 Å². The summed E-state index contributed by atoms with van der Waals surface area (Å²) in [6.07, 6.45) is 6.98. The molecule has 5 rings (SSSR count). The molecular weight excluding hydrogens is 414 g/mol. The van der Waals surface area contributed by atoms with Crippen molar-refractivity contribution < 1.29 is 19.0 Å². The number of nitrogens with one attached hydrogen (secondary N) is 1. The Bertz CT molecular complexity index is 958. The molecule has 1 saturated carbocycles. The Morgan fingerprint density at radius 3 is 3.00 bits per heavy atom. The maximum Gasteiger partial charge on any atom is 0.236 e. The highest BCUT2D eigenvalue weighted by molar-refractivity contribution is 7.15. The van der Waals surface area contributed by atoms with Gasteiger partial charge in [0, 0.05) is 30.3 Å². The van der Waals surface area contributed by atoms with Gasteiger partial charge < -0.3 is 19.5 Å². The molecule has 1 amide bonds. The van der Waals surface area contributed by atoms with Gasteiger partial charge in [-0.15, -0.1) is 11.3 Å². The van der Waals surface area contributed by atoms with Crippen LogP contribution >= 0.6 is 11.3 Å². The van der Waals surface area contributed by atoms with Gasteiger partial charge in [0.15, 0.2) is 16.6 Å². The second-order valence-corrected chi connectivity index (χ2v) is 9.65. The van der Waals surface area contributed by atoms with Crippen LogP contribution in [0.15, 0.2) is 24.4 Å². The van der Waals surface area contributed by atoms with Crippen LogP contribution in [0, 0.1) is 0 Å². The minimum absolute atomic E-state index is 0.0127. The Kier molecular flexibility index (Phi) is 5.62. The van der Waals surface area contributed by atoms with Crippen LogP contribution in [0.4, 0.5) is 5.13 Å². The van der Waals surface area contributed by atoms with Gasteiger partial charge in [0.05, 0.1) is 12.0 Å². The first-order chi connectivity index (χ1) is 15.1. The third kappa shape index (κ3) is 3.81. The molecule has 0 bridgehead atoms. The van der Waals surface area contributed by atoms with E-state index < -0.39 is 5.41 Å². The van der Waals surface area contributed by atoms with Crippen LogP contribution in [0.5, 0.6) is 11.5 Å². The summed E-state index contributed by atoms with van der Waals surface area (Å²) in [5.41, 5.74) is 0.493. The zero-order chi connectivity index (χ0) is 21.4. The SMILES string of the molecule is CCC(c1cnc(NC(=O)C2(c3ccc4c(c3)OCO4)CC2)s1)N1CCC[C@@H]1COC. The predicted molar refractivity (Wildman–Crippen MR) is 119 cm³/mol. The van der Waals surface area contributed by atoms with E-state index in [0.29, 0.717) is 17.2 Å². The van der Waals surface area contributed by atoms with E-state index in [1.807, 2.05) is 24.4 Å². The fraction of sp³-hybridized carbons (Fsp3) is 0.565. The number of ether oxygens (including phenoxy) is 3. The number of likely N-dealkylation sites (tertiary alicyclic amines) is 1. The molecular formula is C23H29N3O4S. The highest BCUT2D eigenvalue weighted by Crippen LogP contribution is 2.51. The predicted octanol–water partition coefficient (Wildman–Crippen LogP) is 4.10. The average Bonchev–Trinajstić information content (AvgIpc) is 3.10. The summed E-state index contributed by atoms with van der Waals surface area (Å²) in [7, 11) is 1.77. The number of thiazole rings is 1. The molecule has 3 heterocycles. The number of methoxy groups -OCH3 is 1. The van der Waals surface area contributed by atoms with Crippen LogP contribution in [0.2, 0.25) is 0 Å². The molecule has 1 aromatic carbocycles. The molecule has 1 unspecified atom stereocenters. The number of hydrogen-bond acceptors (Lipinski definition) is 7. The topological polar surface area (TPSA) is 72.9 Å². The lowest BCUT2D eigenvalue weighted by Crippen LogP contribution is -2.35. The minimum atomic E-state index is -0.491. The van der Waals surface area contributed by atoms with Crippen molar-refractivity contribution in [2.24, 2.45) is 0 Å². The van der Waals surface area contributed by atoms with E-state index in [9.17, 15) is 4.79 Å². The molecule has 2 aromatic rings. The Hall–Kier alpha value is -2.16. The van der Waals surface area contributed by atoms with Crippen LogP contribution in [0.3, 0.4) is 0 Å². The van der Waals surface area contributed by atoms with Gasteiger partial charge in [-0.3, -0.25) is 9.69 Å². The number of anilines is 1. The molecule has 1 aliphatic carbocycles. The Balaban J connectivity index is 1.29. The van der Waals surface area contributed by atoms with Gasteiger partial charge in [0.2, 0.25) is 12.7 Å². The van der Waals surface area contributed by atoms with Crippen LogP contribution in [0.25, 0.3) is 0 Å². The third-order valence-electron chi connectivity index (χ3n) is 6.75. The lowest BCUT2D eigenvalue weighted by molar-refractivity contribution is -0.118. The van der Waals surface area contributed by atoms with Crippen molar-refractivity contribution >= 4 is 22.4 Å². The molecule has 0 spiro atoms. The van der Waals surface area contributed by atoms with E-state index in [1.54, 1.807) is 18.4 Å². The standard InChI is InChI=1S/C23H29N3O4S/c1-3-17(26-10-4-5-16(26)13-28-2)20-12-24-22(31-20)25-21(27)23(8-9-23)15-6-7-18-19(11-15)30-14-29-18/h6-7,11-12,16-17H,3-5,8-10,13-14H2,1-2H3,(H,24,25,27)/t16-,17?/m1/s1. The van der Waals surface area contributed by atoms with Gasteiger partial charge in [-0.2, -0.15) is 0 Å². The smallest absolute Gasteiger partial charge is 0.236 e. The van der Waals surface area contributed by atoms with Crippen LogP contribution in [-0.2, 0) is 14.9 Å². The van der Waals surface area contributed by atoms with Gasteiger partial charge in [0.1, 0.15) is 0 Å². The quantitative estimate of drug-likeness (QED) is 0.662. The summed E-state index contributed by atoms with van der Waals surface area (Å²) >= 11 is 1.59. The number of carbonyl (C=O) groups is 1. The number of nitrogens with zero attached hydrogens (tertiary/aromatic N) is 2. The summed E-state index contributed by atoms with van der Waals surface area (Å²) in [5.74, 6) is 1.47. The highest BCUT2D eigenvalue weighted by atomic mass is 32.1. The number of carbonyl (C=O) groups excluding carboxylic acids is 1. The maximum atomic E-state index is 13.2. The number of rotatable bonds is 8. The fourth-order valence-electron chi connectivity index (χ4n) is 4.92. The zero-order valence-electron chi connectivity index (χ0n) is 18.1. The van der Waals surface area contributed by atoms with Gasteiger partial charge in [-0.25, -0.2) is 4.98 Å². The number of aromatic nitrogens is 1. The Labute approximate surface area is 186 Å². The van der Waals surface area contributed by atoms with Crippen molar-refractivity contribution in [2.75, 3.05) is 32.4 Å². The number of hydrogen-bond donors (Lipinski definition) is 1. The Morgan fingerprint density at radius 2 is 2.23 bits per heavy atom. The summed E-state index contributed by atoms with van der Waals surface area (Å²) < 4.78 is 16.3. The monoisotopic (exact) mass is 443 g/mol. The molecule has 1 N–H and O–H groups in total. The van der Waals surface area contributed by atoms with Crippen molar-refractivity contribution in [1.29, 1.82) is 0 Å². The van der Waals surface area contributed by atoms with Crippen molar-refractivity contribution in [3.8, 4) is 11.5 Å². The molecule has 31 heavy (non-hydrogen) atoms. The summed E-state index contributed by atoms with van der Waals surface area (Å²) in [6.45, 7) is 4.29. The van der Waals surface area contributed by atoms with E-state index in [-0.39, 0.29) is 12.7 Å². The maximum absolute atomic E-state index is 13.2. The van der Waals surface area contributed by atoms with Crippen molar-refractivity contribution in [1.82, 2.24) is 9.88 Å². The van der Waals surface area contributed by atoms with Crippen LogP contribution in [0.1, 0.15) is 55.5 Å². The second kappa shape index (κ2) is 8.41. The van der Waals surface area contributed by atoms with Gasteiger partial charge >= 0.3 is 0 Å². The lowest BCUT2D eigenvalue weighted by Gasteiger charge is -2.31. The molecule has 2 aliphatic heterocycles. The fourth-order valence-corrected chi connectivity index (χ4v) is 5.94. The molecule has 2 atom stereocenters.